The molecule has 0 aromatic rings. The van der Waals surface area contributed by atoms with Crippen LogP contribution >= 0.6 is 11.9 Å². The van der Waals surface area contributed by atoms with E-state index < -0.39 is 99.2 Å². The second kappa shape index (κ2) is 13.5. The molecule has 0 aromatic heterocycles. The van der Waals surface area contributed by atoms with Gasteiger partial charge in [0.05, 0.1) is 23.7 Å². The van der Waals surface area contributed by atoms with Gasteiger partial charge < -0.3 is 39.3 Å². The lowest BCUT2D eigenvalue weighted by Gasteiger charge is -2.68. The predicted octanol–water partition coefficient (Wildman–Crippen LogP) is 1.88. The Morgan fingerprint density at radius 1 is 1.08 bits per heavy atom. The fourth-order valence-corrected chi connectivity index (χ4v) is 9.87. The lowest BCUT2D eigenvalue weighted by molar-refractivity contribution is -0.324. The molecule has 8 unspecified atom stereocenters. The minimum absolute atomic E-state index is 0.0342. The van der Waals surface area contributed by atoms with Gasteiger partial charge in [0.25, 0.3) is 0 Å². The molecule has 3 N–H and O–H groups in total. The summed E-state index contributed by atoms with van der Waals surface area (Å²) < 4.78 is 26.6. The molecule has 16 heteroatoms. The smallest absolute Gasteiger partial charge is 0.337 e. The van der Waals surface area contributed by atoms with Gasteiger partial charge in [0.1, 0.15) is 18.0 Å². The summed E-state index contributed by atoms with van der Waals surface area (Å²) in [7, 11) is 0. The zero-order valence-corrected chi connectivity index (χ0v) is 30.0. The molecule has 0 spiro atoms. The van der Waals surface area contributed by atoms with E-state index in [4.69, 9.17) is 18.9 Å². The van der Waals surface area contributed by atoms with Crippen molar-refractivity contribution in [3.05, 3.63) is 16.1 Å². The molecular formula is C33H46N2O13S. The van der Waals surface area contributed by atoms with Crippen LogP contribution in [0.15, 0.2) is 15.7 Å². The Morgan fingerprint density at radius 2 is 1.71 bits per heavy atom. The van der Waals surface area contributed by atoms with Crippen molar-refractivity contribution in [3.63, 3.8) is 0 Å². The predicted molar refractivity (Wildman–Crippen MR) is 172 cm³/mol. The summed E-state index contributed by atoms with van der Waals surface area (Å²) in [6, 6.07) is -1.05. The van der Waals surface area contributed by atoms with Gasteiger partial charge in [0.2, 0.25) is 5.91 Å². The molecule has 0 aromatic carbocycles. The first-order valence-electron chi connectivity index (χ1n) is 16.2. The van der Waals surface area contributed by atoms with E-state index in [1.807, 2.05) is 0 Å². The van der Waals surface area contributed by atoms with Gasteiger partial charge in [-0.2, -0.15) is 0 Å². The number of aliphatic hydroxyl groups excluding tert-OH is 1. The number of hydrogen-bond donors (Lipinski definition) is 3. The van der Waals surface area contributed by atoms with Gasteiger partial charge in [-0.1, -0.05) is 20.8 Å². The van der Waals surface area contributed by atoms with E-state index >= 15 is 4.79 Å². The van der Waals surface area contributed by atoms with Crippen LogP contribution in [-0.2, 0) is 47.7 Å². The molecule has 272 valence electrons. The van der Waals surface area contributed by atoms with Crippen LogP contribution in [0.5, 0.6) is 0 Å². The first-order chi connectivity index (χ1) is 22.6. The summed E-state index contributed by atoms with van der Waals surface area (Å²) in [5, 5.41) is 25.5. The number of amides is 1. The fraction of sp³-hybridized carbons (Fsp3) is 0.758. The average Bonchev–Trinajstić information content (AvgIpc) is 2.96. The van der Waals surface area contributed by atoms with E-state index in [1.54, 1.807) is 27.7 Å². The van der Waals surface area contributed by atoms with E-state index in [9.17, 15) is 39.1 Å². The standard InChI is InChI=1S/C33H46N2O13S/c1-14(36)10-20-27-31(9,23(49-35-44)11-22-32(27,13-45-22)48-19(6)39)28(41)26(46-18(5)38)24-15(2)21(12-33(20,43)30(24,7)8)47-29(42)25(40)16(3)34-17(4)37/h16,20-23,25-27,40,43H,10-13H2,1-9H3,(H,34,37)/t16?,20?,21?,22?,23?,25?,26?,27?,31-,32+,33-/m1/s1. The summed E-state index contributed by atoms with van der Waals surface area (Å²) in [4.78, 5) is 90.6. The Bertz CT molecular complexity index is 1480. The third-order valence-electron chi connectivity index (χ3n) is 11.2. The van der Waals surface area contributed by atoms with Gasteiger partial charge in [-0.05, 0) is 38.3 Å². The van der Waals surface area contributed by atoms with Gasteiger partial charge in [-0.15, -0.1) is 4.91 Å². The van der Waals surface area contributed by atoms with E-state index in [2.05, 4.69) is 9.90 Å². The molecule has 2 bridgehead atoms. The number of Topliss-reactive ketones (excluding diaryl/α,β-unsaturated/α-hetero) is 2. The van der Waals surface area contributed by atoms with Gasteiger partial charge in [-0.3, -0.25) is 19.2 Å². The van der Waals surface area contributed by atoms with Crippen LogP contribution in [-0.4, -0.2) is 99.1 Å². The lowest BCUT2D eigenvalue weighted by atomic mass is 9.42. The van der Waals surface area contributed by atoms with Crippen molar-refractivity contribution < 1.29 is 57.9 Å². The minimum atomic E-state index is -2.05. The Labute approximate surface area is 288 Å². The number of carbonyl (C=O) groups is 6. The number of nitroso groups, excluding NO2 is 1. The normalized spacial score (nSPS) is 37.4. The molecule has 3 fully saturated rings. The number of rotatable bonds is 10. The second-order valence-electron chi connectivity index (χ2n) is 14.6. The molecule has 15 nitrogen and oxygen atoms in total. The highest BCUT2D eigenvalue weighted by molar-refractivity contribution is 7.98. The van der Waals surface area contributed by atoms with Crippen molar-refractivity contribution in [2.24, 2.45) is 27.2 Å². The van der Waals surface area contributed by atoms with Crippen molar-refractivity contribution in [1.82, 2.24) is 5.32 Å². The first kappa shape index (κ1) is 38.6. The van der Waals surface area contributed by atoms with Crippen LogP contribution in [0.1, 0.15) is 81.6 Å². The SMILES string of the molecule is CC(=O)CC1C2[C@]3(OC(C)=O)COC3CC(SN=O)[C@@]2(C)C(=O)C(OC(C)=O)C2=C(C)C(OC(=O)C(O)C(C)NC(C)=O)C[C@]1(O)C2(C)C. The van der Waals surface area contributed by atoms with Crippen LogP contribution in [0.2, 0.25) is 0 Å². The Hall–Kier alpha value is -3.21. The third kappa shape index (κ3) is 6.22. The highest BCUT2D eigenvalue weighted by Crippen LogP contribution is 2.67. The number of fused-ring (bicyclic) bond motifs is 5. The average molecular weight is 711 g/mol. The Morgan fingerprint density at radius 3 is 2.20 bits per heavy atom. The van der Waals surface area contributed by atoms with Crippen LogP contribution in [0.25, 0.3) is 0 Å². The summed E-state index contributed by atoms with van der Waals surface area (Å²) in [6.45, 7) is 12.4. The lowest BCUT2D eigenvalue weighted by Crippen LogP contribution is -2.79. The molecule has 0 radical (unpaired) electrons. The van der Waals surface area contributed by atoms with E-state index in [1.165, 1.54) is 27.7 Å². The van der Waals surface area contributed by atoms with Crippen LogP contribution < -0.4 is 5.32 Å². The molecule has 49 heavy (non-hydrogen) atoms. The van der Waals surface area contributed by atoms with E-state index in [-0.39, 0.29) is 42.8 Å². The van der Waals surface area contributed by atoms with Crippen molar-refractivity contribution in [2.45, 2.75) is 128 Å². The van der Waals surface area contributed by atoms with E-state index in [0.29, 0.717) is 11.9 Å². The highest BCUT2D eigenvalue weighted by atomic mass is 32.2. The summed E-state index contributed by atoms with van der Waals surface area (Å²) >= 11 is 0.580. The number of ketones is 2. The van der Waals surface area contributed by atoms with Gasteiger partial charge in [0.15, 0.2) is 23.6 Å². The van der Waals surface area contributed by atoms with Crippen molar-refractivity contribution in [1.29, 1.82) is 0 Å². The molecule has 4 rings (SSSR count). The third-order valence-corrected chi connectivity index (χ3v) is 12.3. The minimum Gasteiger partial charge on any atom is -0.456 e. The summed E-state index contributed by atoms with van der Waals surface area (Å²) in [5.41, 5.74) is -6.39. The zero-order chi connectivity index (χ0) is 37.0. The molecule has 1 amide bonds. The van der Waals surface area contributed by atoms with Crippen LogP contribution in [0.4, 0.5) is 0 Å². The molecular weight excluding hydrogens is 664 g/mol. The van der Waals surface area contributed by atoms with Crippen LogP contribution in [0, 0.1) is 27.6 Å². The maximum absolute atomic E-state index is 15.3. The van der Waals surface area contributed by atoms with Crippen molar-refractivity contribution >= 4 is 47.3 Å². The molecule has 1 saturated heterocycles. The number of esters is 3. The number of nitrogens with zero attached hydrogens (tertiary/aromatic N) is 1. The number of aliphatic hydroxyl groups is 2. The van der Waals surface area contributed by atoms with Gasteiger partial charge in [0, 0.05) is 72.6 Å². The zero-order valence-electron chi connectivity index (χ0n) is 29.2. The first-order valence-corrected chi connectivity index (χ1v) is 17.0. The Kier molecular flexibility index (Phi) is 10.6. The molecule has 2 saturated carbocycles. The molecule has 1 heterocycles. The van der Waals surface area contributed by atoms with E-state index in [0.717, 1.165) is 6.92 Å². The topological polar surface area (TPSA) is 221 Å². The van der Waals surface area contributed by atoms with Crippen molar-refractivity contribution in [3.8, 4) is 0 Å². The van der Waals surface area contributed by atoms with Gasteiger partial charge in [-0.25, -0.2) is 4.79 Å². The number of carbonyl (C=O) groups excluding carboxylic acids is 6. The van der Waals surface area contributed by atoms with Crippen LogP contribution in [0.3, 0.4) is 0 Å². The maximum atomic E-state index is 15.3. The Balaban J connectivity index is 2.06. The molecule has 3 aliphatic carbocycles. The largest absolute Gasteiger partial charge is 0.456 e. The highest BCUT2D eigenvalue weighted by Gasteiger charge is 2.77. The fourth-order valence-electron chi connectivity index (χ4n) is 9.02. The summed E-state index contributed by atoms with van der Waals surface area (Å²) in [5.74, 6) is -6.64. The van der Waals surface area contributed by atoms with Gasteiger partial charge >= 0.3 is 17.9 Å². The molecule has 1 aliphatic heterocycles. The molecule has 4 aliphatic rings. The maximum Gasteiger partial charge on any atom is 0.337 e. The number of ether oxygens (including phenoxy) is 4. The number of nitrogens with one attached hydrogen (secondary N) is 1. The monoisotopic (exact) mass is 710 g/mol. The van der Waals surface area contributed by atoms with Crippen molar-refractivity contribution in [2.75, 3.05) is 6.61 Å². The second-order valence-corrected chi connectivity index (χ2v) is 15.5. The quantitative estimate of drug-likeness (QED) is 0.0969. The molecule has 11 atom stereocenters. The number of hydrogen-bond acceptors (Lipinski definition) is 15. The summed E-state index contributed by atoms with van der Waals surface area (Å²) in [6.07, 6.45) is -6.29.